The number of nitrogens with one attached hydrogen (secondary N) is 1. The number of amides is 1. The molecule has 2 fully saturated rings. The van der Waals surface area contributed by atoms with Crippen molar-refractivity contribution in [1.29, 1.82) is 0 Å². The third-order valence-electron chi connectivity index (χ3n) is 5.68. The number of rotatable bonds is 5. The molecule has 4 rings (SSSR count). The lowest BCUT2D eigenvalue weighted by atomic mass is 9.90. The second kappa shape index (κ2) is 6.84. The molecule has 1 atom stereocenters. The molecular formula is C18H27N3O3. The SMILES string of the molecule is O=C(NC1CC1)C(O)C1CCN(Cc2noc3c2CCCC3)CC1. The van der Waals surface area contributed by atoms with Gasteiger partial charge in [-0.3, -0.25) is 9.69 Å². The first-order valence-corrected chi connectivity index (χ1v) is 9.38. The van der Waals surface area contributed by atoms with Gasteiger partial charge in [-0.05, 0) is 64.0 Å². The summed E-state index contributed by atoms with van der Waals surface area (Å²) in [7, 11) is 0. The van der Waals surface area contributed by atoms with Crippen molar-refractivity contribution in [1.82, 2.24) is 15.4 Å². The van der Waals surface area contributed by atoms with Crippen LogP contribution in [0.3, 0.4) is 0 Å². The normalized spacial score (nSPS) is 23.7. The average molecular weight is 333 g/mol. The lowest BCUT2D eigenvalue weighted by Gasteiger charge is -2.33. The molecule has 1 aliphatic heterocycles. The minimum absolute atomic E-state index is 0.0752. The van der Waals surface area contributed by atoms with Gasteiger partial charge in [-0.25, -0.2) is 0 Å². The first-order valence-electron chi connectivity index (χ1n) is 9.38. The van der Waals surface area contributed by atoms with E-state index in [1.807, 2.05) is 0 Å². The fourth-order valence-corrected chi connectivity index (χ4v) is 3.94. The zero-order valence-corrected chi connectivity index (χ0v) is 14.2. The number of carbonyl (C=O) groups excluding carboxylic acids is 1. The Labute approximate surface area is 142 Å². The summed E-state index contributed by atoms with van der Waals surface area (Å²) in [6, 6.07) is 0.311. The zero-order valence-electron chi connectivity index (χ0n) is 14.2. The predicted octanol–water partition coefficient (Wildman–Crippen LogP) is 1.40. The molecule has 24 heavy (non-hydrogen) atoms. The minimum Gasteiger partial charge on any atom is -0.383 e. The smallest absolute Gasteiger partial charge is 0.249 e. The Balaban J connectivity index is 1.28. The molecule has 6 nitrogen and oxygen atoms in total. The van der Waals surface area contributed by atoms with Crippen LogP contribution in [-0.4, -0.2) is 46.3 Å². The maximum atomic E-state index is 12.0. The number of likely N-dealkylation sites (tertiary alicyclic amines) is 1. The van der Waals surface area contributed by atoms with Gasteiger partial charge in [-0.2, -0.15) is 0 Å². The van der Waals surface area contributed by atoms with E-state index in [0.717, 1.165) is 69.6 Å². The maximum Gasteiger partial charge on any atom is 0.249 e. The van der Waals surface area contributed by atoms with Crippen molar-refractivity contribution in [3.05, 3.63) is 17.0 Å². The molecule has 1 saturated carbocycles. The summed E-state index contributed by atoms with van der Waals surface area (Å²) in [5.74, 6) is 0.978. The van der Waals surface area contributed by atoms with Gasteiger partial charge >= 0.3 is 0 Å². The topological polar surface area (TPSA) is 78.6 Å². The number of aromatic nitrogens is 1. The van der Waals surface area contributed by atoms with E-state index in [1.165, 1.54) is 18.4 Å². The van der Waals surface area contributed by atoms with Crippen molar-refractivity contribution in [3.8, 4) is 0 Å². The van der Waals surface area contributed by atoms with Gasteiger partial charge < -0.3 is 14.9 Å². The molecule has 0 spiro atoms. The Hall–Kier alpha value is -1.40. The van der Waals surface area contributed by atoms with Crippen LogP contribution in [0.4, 0.5) is 0 Å². The third kappa shape index (κ3) is 3.49. The first kappa shape index (κ1) is 16.1. The highest BCUT2D eigenvalue weighted by Crippen LogP contribution is 2.27. The average Bonchev–Trinajstić information content (AvgIpc) is 3.34. The van der Waals surface area contributed by atoms with E-state index in [1.54, 1.807) is 0 Å². The highest BCUT2D eigenvalue weighted by atomic mass is 16.5. The Morgan fingerprint density at radius 2 is 2.00 bits per heavy atom. The van der Waals surface area contributed by atoms with Gasteiger partial charge in [0.25, 0.3) is 0 Å². The molecular weight excluding hydrogens is 306 g/mol. The van der Waals surface area contributed by atoms with Gasteiger partial charge in [0.1, 0.15) is 17.6 Å². The molecule has 2 heterocycles. The predicted molar refractivity (Wildman–Crippen MR) is 88.3 cm³/mol. The first-order chi connectivity index (χ1) is 11.7. The van der Waals surface area contributed by atoms with Crippen LogP contribution in [0.2, 0.25) is 0 Å². The number of aryl methyl sites for hydroxylation is 1. The van der Waals surface area contributed by atoms with Gasteiger partial charge in [-0.1, -0.05) is 5.16 Å². The number of nitrogens with zero attached hydrogens (tertiary/aromatic N) is 2. The summed E-state index contributed by atoms with van der Waals surface area (Å²) < 4.78 is 5.49. The summed E-state index contributed by atoms with van der Waals surface area (Å²) in [6.45, 7) is 2.63. The lowest BCUT2D eigenvalue weighted by Crippen LogP contribution is -2.45. The van der Waals surface area contributed by atoms with E-state index in [-0.39, 0.29) is 11.8 Å². The van der Waals surface area contributed by atoms with Crippen LogP contribution < -0.4 is 5.32 Å². The molecule has 1 unspecified atom stereocenters. The highest BCUT2D eigenvalue weighted by molar-refractivity contribution is 5.81. The quantitative estimate of drug-likeness (QED) is 0.852. The monoisotopic (exact) mass is 333 g/mol. The number of hydrogen-bond donors (Lipinski definition) is 2. The van der Waals surface area contributed by atoms with E-state index >= 15 is 0 Å². The van der Waals surface area contributed by atoms with E-state index < -0.39 is 6.10 Å². The molecule has 3 aliphatic rings. The molecule has 1 aromatic heterocycles. The molecule has 6 heteroatoms. The van der Waals surface area contributed by atoms with Crippen molar-refractivity contribution < 1.29 is 14.4 Å². The molecule has 0 radical (unpaired) electrons. The number of aliphatic hydroxyl groups excluding tert-OH is 1. The zero-order chi connectivity index (χ0) is 16.5. The number of piperidine rings is 1. The van der Waals surface area contributed by atoms with Crippen LogP contribution in [0.1, 0.15) is 55.5 Å². The molecule has 2 N–H and O–H groups in total. The van der Waals surface area contributed by atoms with E-state index in [4.69, 9.17) is 4.52 Å². The third-order valence-corrected chi connectivity index (χ3v) is 5.68. The molecule has 1 aromatic rings. The summed E-state index contributed by atoms with van der Waals surface area (Å²) in [4.78, 5) is 14.4. The van der Waals surface area contributed by atoms with Crippen LogP contribution in [0.25, 0.3) is 0 Å². The van der Waals surface area contributed by atoms with Gasteiger partial charge in [0.05, 0.1) is 0 Å². The van der Waals surface area contributed by atoms with Gasteiger partial charge in [0, 0.05) is 24.6 Å². The lowest BCUT2D eigenvalue weighted by molar-refractivity contribution is -0.133. The molecule has 0 aromatic carbocycles. The molecule has 132 valence electrons. The Morgan fingerprint density at radius 3 is 2.75 bits per heavy atom. The van der Waals surface area contributed by atoms with Crippen molar-refractivity contribution >= 4 is 5.91 Å². The molecule has 1 amide bonds. The van der Waals surface area contributed by atoms with Crippen LogP contribution in [0.5, 0.6) is 0 Å². The number of hydrogen-bond acceptors (Lipinski definition) is 5. The highest BCUT2D eigenvalue weighted by Gasteiger charge is 2.33. The Kier molecular flexibility index (Phi) is 4.59. The van der Waals surface area contributed by atoms with Crippen LogP contribution in [0.15, 0.2) is 4.52 Å². The maximum absolute atomic E-state index is 12.0. The van der Waals surface area contributed by atoms with Gasteiger partial charge in [0.15, 0.2) is 0 Å². The Morgan fingerprint density at radius 1 is 1.25 bits per heavy atom. The van der Waals surface area contributed by atoms with E-state index in [2.05, 4.69) is 15.4 Å². The van der Waals surface area contributed by atoms with E-state index in [0.29, 0.717) is 6.04 Å². The Bertz CT molecular complexity index is 588. The van der Waals surface area contributed by atoms with Crippen molar-refractivity contribution in [2.45, 2.75) is 70.1 Å². The van der Waals surface area contributed by atoms with Gasteiger partial charge in [-0.15, -0.1) is 0 Å². The summed E-state index contributed by atoms with van der Waals surface area (Å²) in [6.07, 6.45) is 7.51. The standard InChI is InChI=1S/C18H27N3O3/c22-17(18(23)19-13-5-6-13)12-7-9-21(10-8-12)11-15-14-3-1-2-4-16(14)24-20-15/h12-13,17,22H,1-11H2,(H,19,23). The number of fused-ring (bicyclic) bond motifs is 1. The summed E-state index contributed by atoms with van der Waals surface area (Å²) >= 11 is 0. The van der Waals surface area contributed by atoms with Crippen LogP contribution in [0, 0.1) is 5.92 Å². The molecule has 1 saturated heterocycles. The fourth-order valence-electron chi connectivity index (χ4n) is 3.94. The van der Waals surface area contributed by atoms with Crippen LogP contribution in [-0.2, 0) is 24.2 Å². The van der Waals surface area contributed by atoms with Crippen molar-refractivity contribution in [2.75, 3.05) is 13.1 Å². The van der Waals surface area contributed by atoms with Crippen molar-refractivity contribution in [2.24, 2.45) is 5.92 Å². The van der Waals surface area contributed by atoms with E-state index in [9.17, 15) is 9.90 Å². The van der Waals surface area contributed by atoms with Crippen LogP contribution >= 0.6 is 0 Å². The molecule has 2 aliphatic carbocycles. The minimum atomic E-state index is -0.854. The second-order valence-electron chi connectivity index (χ2n) is 7.58. The molecule has 0 bridgehead atoms. The number of aliphatic hydroxyl groups is 1. The largest absolute Gasteiger partial charge is 0.383 e. The van der Waals surface area contributed by atoms with Crippen molar-refractivity contribution in [3.63, 3.8) is 0 Å². The number of carbonyl (C=O) groups is 1. The second-order valence-corrected chi connectivity index (χ2v) is 7.58. The summed E-state index contributed by atoms with van der Waals surface area (Å²) in [5.41, 5.74) is 2.42. The fraction of sp³-hybridized carbons (Fsp3) is 0.778. The summed E-state index contributed by atoms with van der Waals surface area (Å²) in [5, 5.41) is 17.5. The van der Waals surface area contributed by atoms with Gasteiger partial charge in [0.2, 0.25) is 5.91 Å².